The Balaban J connectivity index is 1.34. The maximum absolute atomic E-state index is 13.7. The van der Waals surface area contributed by atoms with E-state index >= 15 is 0 Å². The Labute approximate surface area is 202 Å². The molecule has 3 saturated heterocycles. The third-order valence-corrected chi connectivity index (χ3v) is 7.14. The fourth-order valence-electron chi connectivity index (χ4n) is 5.40. The molecule has 3 aliphatic rings. The average molecular weight is 481 g/mol. The van der Waals surface area contributed by atoms with Crippen LogP contribution in [0, 0.1) is 0 Å². The zero-order valence-electron chi connectivity index (χ0n) is 19.2. The molecular weight excluding hydrogens is 452 g/mol. The number of pyridine rings is 1. The molecule has 0 saturated carbocycles. The first kappa shape index (κ1) is 23.2. The molecule has 1 aromatic carbocycles. The van der Waals surface area contributed by atoms with E-state index in [-0.39, 0.29) is 24.1 Å². The van der Waals surface area contributed by atoms with E-state index in [0.29, 0.717) is 24.6 Å². The van der Waals surface area contributed by atoms with Gasteiger partial charge in [-0.1, -0.05) is 37.1 Å². The number of carbonyl (C=O) groups is 4. The number of hydrogen-bond donors (Lipinski definition) is 3. The van der Waals surface area contributed by atoms with Crippen LogP contribution in [0.15, 0.2) is 36.5 Å². The Kier molecular flexibility index (Phi) is 6.38. The molecule has 5 atom stereocenters. The second-order valence-electron chi connectivity index (χ2n) is 9.38. The van der Waals surface area contributed by atoms with Gasteiger partial charge in [-0.05, 0) is 37.1 Å². The summed E-state index contributed by atoms with van der Waals surface area (Å²) in [7, 11) is 0. The standard InChI is InChI=1S/C25H28N4O6/c30-20-13-18(25(34)35-20)28-22(31)19-10-9-15-6-2-4-8-17(24(33)29(15)19)27-23(32)21-16-7-3-1-5-14(16)11-12-26-21/h1,3,5,7,11-12,15,17-19,25,34H,2,4,6,8-10,13H2,(H,27,32)(H,28,31). The SMILES string of the molecule is O=C1CC(NC(=O)C2CCC3CCCCC(NC(=O)c4nccc5ccccc45)C(=O)N32)C(O)O1. The van der Waals surface area contributed by atoms with Gasteiger partial charge in [0.1, 0.15) is 23.8 Å². The highest BCUT2D eigenvalue weighted by Gasteiger charge is 2.45. The highest BCUT2D eigenvalue weighted by Crippen LogP contribution is 2.32. The van der Waals surface area contributed by atoms with E-state index < -0.39 is 42.2 Å². The normalized spacial score (nSPS) is 28.7. The molecule has 0 radical (unpaired) electrons. The predicted octanol–water partition coefficient (Wildman–Crippen LogP) is 1.02. The lowest BCUT2D eigenvalue weighted by Crippen LogP contribution is -2.57. The van der Waals surface area contributed by atoms with Crippen molar-refractivity contribution in [2.24, 2.45) is 0 Å². The highest BCUT2D eigenvalue weighted by atomic mass is 16.6. The number of benzene rings is 1. The summed E-state index contributed by atoms with van der Waals surface area (Å²) in [5.74, 6) is -1.73. The van der Waals surface area contributed by atoms with Crippen molar-refractivity contribution in [3.63, 3.8) is 0 Å². The van der Waals surface area contributed by atoms with E-state index in [1.165, 1.54) is 0 Å². The van der Waals surface area contributed by atoms with Crippen LogP contribution in [0.1, 0.15) is 55.4 Å². The molecule has 10 nitrogen and oxygen atoms in total. The molecule has 35 heavy (non-hydrogen) atoms. The molecular formula is C25H28N4O6. The van der Waals surface area contributed by atoms with Crippen molar-refractivity contribution in [1.82, 2.24) is 20.5 Å². The Morgan fingerprint density at radius 1 is 1.03 bits per heavy atom. The van der Waals surface area contributed by atoms with Crippen LogP contribution in [-0.2, 0) is 19.1 Å². The molecule has 0 spiro atoms. The number of aromatic nitrogens is 1. The maximum Gasteiger partial charge on any atom is 0.310 e. The minimum absolute atomic E-state index is 0.0972. The summed E-state index contributed by atoms with van der Waals surface area (Å²) in [6.07, 6.45) is 4.13. The van der Waals surface area contributed by atoms with Crippen LogP contribution in [0.3, 0.4) is 0 Å². The van der Waals surface area contributed by atoms with Crippen molar-refractivity contribution in [2.75, 3.05) is 0 Å². The number of ether oxygens (including phenoxy) is 1. The average Bonchev–Trinajstić information content (AvgIpc) is 3.40. The zero-order chi connectivity index (χ0) is 24.5. The fraction of sp³-hybridized carbons (Fsp3) is 0.480. The third kappa shape index (κ3) is 4.58. The third-order valence-electron chi connectivity index (χ3n) is 7.14. The summed E-state index contributed by atoms with van der Waals surface area (Å²) in [5.41, 5.74) is 0.255. The first-order valence-corrected chi connectivity index (χ1v) is 12.1. The molecule has 1 aromatic heterocycles. The van der Waals surface area contributed by atoms with E-state index in [9.17, 15) is 24.3 Å². The molecule has 3 aliphatic heterocycles. The maximum atomic E-state index is 13.7. The first-order chi connectivity index (χ1) is 16.9. The molecule has 184 valence electrons. The van der Waals surface area contributed by atoms with Gasteiger partial charge < -0.3 is 25.4 Å². The summed E-state index contributed by atoms with van der Waals surface area (Å²) >= 11 is 0. The first-order valence-electron chi connectivity index (χ1n) is 12.1. The number of cyclic esters (lactones) is 1. The molecule has 5 rings (SSSR count). The summed E-state index contributed by atoms with van der Waals surface area (Å²) in [4.78, 5) is 57.2. The van der Waals surface area contributed by atoms with Crippen molar-refractivity contribution in [1.29, 1.82) is 0 Å². The Morgan fingerprint density at radius 2 is 1.83 bits per heavy atom. The van der Waals surface area contributed by atoms with E-state index in [1.807, 2.05) is 30.3 Å². The molecule has 3 amide bonds. The number of aliphatic hydroxyl groups excluding tert-OH is 1. The Bertz CT molecular complexity index is 1160. The topological polar surface area (TPSA) is 138 Å². The smallest absolute Gasteiger partial charge is 0.310 e. The number of rotatable bonds is 4. The van der Waals surface area contributed by atoms with Gasteiger partial charge >= 0.3 is 5.97 Å². The number of nitrogens with one attached hydrogen (secondary N) is 2. The van der Waals surface area contributed by atoms with Gasteiger partial charge in [0.25, 0.3) is 5.91 Å². The van der Waals surface area contributed by atoms with Crippen LogP contribution >= 0.6 is 0 Å². The second kappa shape index (κ2) is 9.61. The number of aliphatic hydroxyl groups is 1. The van der Waals surface area contributed by atoms with Gasteiger partial charge in [-0.15, -0.1) is 0 Å². The van der Waals surface area contributed by atoms with E-state index in [4.69, 9.17) is 4.74 Å². The number of esters is 1. The molecule has 3 N–H and O–H groups in total. The van der Waals surface area contributed by atoms with Crippen LogP contribution < -0.4 is 10.6 Å². The van der Waals surface area contributed by atoms with Gasteiger partial charge in [0.2, 0.25) is 18.1 Å². The number of hydrogen-bond acceptors (Lipinski definition) is 7. The predicted molar refractivity (Wildman–Crippen MR) is 124 cm³/mol. The minimum atomic E-state index is -1.40. The molecule has 4 heterocycles. The molecule has 0 bridgehead atoms. The van der Waals surface area contributed by atoms with Gasteiger partial charge in [-0.2, -0.15) is 0 Å². The Morgan fingerprint density at radius 3 is 2.63 bits per heavy atom. The van der Waals surface area contributed by atoms with Gasteiger partial charge in [0.05, 0.1) is 6.42 Å². The highest BCUT2D eigenvalue weighted by molar-refractivity contribution is 6.06. The molecule has 5 unspecified atom stereocenters. The molecule has 3 fully saturated rings. The fourth-order valence-corrected chi connectivity index (χ4v) is 5.40. The summed E-state index contributed by atoms with van der Waals surface area (Å²) < 4.78 is 4.70. The summed E-state index contributed by atoms with van der Waals surface area (Å²) in [6, 6.07) is 6.81. The zero-order valence-corrected chi connectivity index (χ0v) is 19.2. The van der Waals surface area contributed by atoms with Gasteiger partial charge in [0, 0.05) is 17.6 Å². The Hall–Kier alpha value is -3.53. The minimum Gasteiger partial charge on any atom is -0.434 e. The number of nitrogens with zero attached hydrogens (tertiary/aromatic N) is 2. The van der Waals surface area contributed by atoms with E-state index in [1.54, 1.807) is 11.1 Å². The summed E-state index contributed by atoms with van der Waals surface area (Å²) in [5, 5.41) is 17.0. The van der Waals surface area contributed by atoms with Crippen LogP contribution in [0.5, 0.6) is 0 Å². The monoisotopic (exact) mass is 480 g/mol. The lowest BCUT2D eigenvalue weighted by atomic mass is 9.98. The number of carbonyl (C=O) groups excluding carboxylic acids is 4. The van der Waals surface area contributed by atoms with Gasteiger partial charge in [0.15, 0.2) is 0 Å². The number of amides is 3. The number of fused-ring (bicyclic) bond motifs is 2. The van der Waals surface area contributed by atoms with Crippen molar-refractivity contribution in [3.8, 4) is 0 Å². The van der Waals surface area contributed by atoms with Crippen molar-refractivity contribution in [2.45, 2.75) is 75.4 Å². The van der Waals surface area contributed by atoms with Crippen LogP contribution in [0.25, 0.3) is 10.8 Å². The van der Waals surface area contributed by atoms with Crippen molar-refractivity contribution in [3.05, 3.63) is 42.2 Å². The summed E-state index contributed by atoms with van der Waals surface area (Å²) in [6.45, 7) is 0. The van der Waals surface area contributed by atoms with Crippen LogP contribution in [0.2, 0.25) is 0 Å². The molecule has 0 aliphatic carbocycles. The van der Waals surface area contributed by atoms with E-state index in [0.717, 1.165) is 24.6 Å². The van der Waals surface area contributed by atoms with E-state index in [2.05, 4.69) is 15.6 Å². The largest absolute Gasteiger partial charge is 0.434 e. The van der Waals surface area contributed by atoms with Gasteiger partial charge in [-0.3, -0.25) is 24.2 Å². The second-order valence-corrected chi connectivity index (χ2v) is 9.38. The van der Waals surface area contributed by atoms with Crippen LogP contribution in [0.4, 0.5) is 0 Å². The lowest BCUT2D eigenvalue weighted by Gasteiger charge is -2.35. The van der Waals surface area contributed by atoms with Crippen molar-refractivity contribution < 1.29 is 29.0 Å². The molecule has 2 aromatic rings. The van der Waals surface area contributed by atoms with Gasteiger partial charge in [-0.25, -0.2) is 0 Å². The molecule has 10 heteroatoms. The quantitative estimate of drug-likeness (QED) is 0.556. The van der Waals surface area contributed by atoms with Crippen molar-refractivity contribution >= 4 is 34.5 Å². The van der Waals surface area contributed by atoms with Crippen LogP contribution in [-0.4, -0.2) is 69.1 Å². The lowest BCUT2D eigenvalue weighted by molar-refractivity contribution is -0.155.